The molecule has 2 N–H and O–H groups in total. The third-order valence-electron chi connectivity index (χ3n) is 3.98. The first-order valence-electron chi connectivity index (χ1n) is 7.10. The molecule has 3 heterocycles. The minimum Gasteiger partial charge on any atom is -0.364 e. The number of nitrogens with two attached hydrogens (primary N) is 1. The summed E-state index contributed by atoms with van der Waals surface area (Å²) in [5.41, 5.74) is 9.01. The Hall–Kier alpha value is -2.74. The fourth-order valence-electron chi connectivity index (χ4n) is 2.80. The van der Waals surface area contributed by atoms with Gasteiger partial charge in [0.15, 0.2) is 0 Å². The molecule has 0 aliphatic carbocycles. The molecule has 0 saturated heterocycles. The standard InChI is InChI=1S/C15H13N5O2S/c16-14(21)11-6-17-13-7-19(3-4-20(11)13)15(22)9-1-2-10-12(5-9)23-8-18-10/h1-2,5-6,8H,3-4,7H2,(H2,16,21). The van der Waals surface area contributed by atoms with Crippen LogP contribution in [0.3, 0.4) is 0 Å². The van der Waals surface area contributed by atoms with E-state index in [0.717, 1.165) is 10.2 Å². The topological polar surface area (TPSA) is 94.1 Å². The highest BCUT2D eigenvalue weighted by atomic mass is 32.1. The van der Waals surface area contributed by atoms with Crippen LogP contribution in [0.15, 0.2) is 29.9 Å². The van der Waals surface area contributed by atoms with E-state index in [-0.39, 0.29) is 5.91 Å². The van der Waals surface area contributed by atoms with Crippen LogP contribution in [0, 0.1) is 0 Å². The molecule has 3 aromatic rings. The molecule has 7 nitrogen and oxygen atoms in total. The summed E-state index contributed by atoms with van der Waals surface area (Å²) in [6.07, 6.45) is 1.47. The number of imidazole rings is 1. The number of benzene rings is 1. The van der Waals surface area contributed by atoms with Gasteiger partial charge in [0.05, 0.1) is 28.5 Å². The monoisotopic (exact) mass is 327 g/mol. The molecule has 23 heavy (non-hydrogen) atoms. The predicted octanol–water partition coefficient (Wildman–Crippen LogP) is 1.25. The Kier molecular flexibility index (Phi) is 3.12. The molecule has 0 fully saturated rings. The molecule has 2 amide bonds. The molecule has 8 heteroatoms. The van der Waals surface area contributed by atoms with Gasteiger partial charge in [-0.3, -0.25) is 9.59 Å². The van der Waals surface area contributed by atoms with Crippen molar-refractivity contribution in [3.63, 3.8) is 0 Å². The molecule has 1 aromatic carbocycles. The highest BCUT2D eigenvalue weighted by molar-refractivity contribution is 7.16. The lowest BCUT2D eigenvalue weighted by atomic mass is 10.1. The summed E-state index contributed by atoms with van der Waals surface area (Å²) in [4.78, 5) is 34.2. The van der Waals surface area contributed by atoms with Crippen molar-refractivity contribution >= 4 is 33.4 Å². The number of aromatic nitrogens is 3. The van der Waals surface area contributed by atoms with Gasteiger partial charge in [0.25, 0.3) is 11.8 Å². The number of rotatable bonds is 2. The van der Waals surface area contributed by atoms with E-state index in [1.165, 1.54) is 17.5 Å². The van der Waals surface area contributed by atoms with Crippen LogP contribution < -0.4 is 5.73 Å². The minimum atomic E-state index is -0.501. The maximum atomic E-state index is 12.7. The normalized spacial score (nSPS) is 14.0. The van der Waals surface area contributed by atoms with Crippen molar-refractivity contribution in [1.29, 1.82) is 0 Å². The van der Waals surface area contributed by atoms with E-state index in [0.29, 0.717) is 36.7 Å². The van der Waals surface area contributed by atoms with Crippen molar-refractivity contribution in [1.82, 2.24) is 19.4 Å². The zero-order valence-corrected chi connectivity index (χ0v) is 12.9. The summed E-state index contributed by atoms with van der Waals surface area (Å²) in [6.45, 7) is 1.40. The Bertz CT molecular complexity index is 929. The van der Waals surface area contributed by atoms with E-state index in [9.17, 15) is 9.59 Å². The number of primary amides is 1. The lowest BCUT2D eigenvalue weighted by Crippen LogP contribution is -2.39. The zero-order chi connectivity index (χ0) is 16.0. The van der Waals surface area contributed by atoms with Crippen LogP contribution in [0.2, 0.25) is 0 Å². The number of hydrogen-bond acceptors (Lipinski definition) is 5. The fourth-order valence-corrected chi connectivity index (χ4v) is 3.52. The van der Waals surface area contributed by atoms with E-state index in [2.05, 4.69) is 9.97 Å². The largest absolute Gasteiger partial charge is 0.364 e. The molecule has 0 saturated carbocycles. The predicted molar refractivity (Wildman–Crippen MR) is 85.1 cm³/mol. The van der Waals surface area contributed by atoms with Crippen LogP contribution in [0.25, 0.3) is 10.2 Å². The zero-order valence-electron chi connectivity index (χ0n) is 12.1. The van der Waals surface area contributed by atoms with Crippen molar-refractivity contribution < 1.29 is 9.59 Å². The second-order valence-electron chi connectivity index (χ2n) is 5.34. The maximum absolute atomic E-state index is 12.7. The SMILES string of the molecule is NC(=O)c1cnc2n1CCN(C(=O)c1ccc3ncsc3c1)C2. The third kappa shape index (κ3) is 2.27. The number of hydrogen-bond donors (Lipinski definition) is 1. The van der Waals surface area contributed by atoms with Gasteiger partial charge in [-0.05, 0) is 18.2 Å². The van der Waals surface area contributed by atoms with Gasteiger partial charge < -0.3 is 15.2 Å². The Labute approximate surface area is 135 Å². The van der Waals surface area contributed by atoms with E-state index in [1.807, 2.05) is 12.1 Å². The van der Waals surface area contributed by atoms with Gasteiger partial charge in [0, 0.05) is 18.7 Å². The summed E-state index contributed by atoms with van der Waals surface area (Å²) < 4.78 is 2.77. The number of fused-ring (bicyclic) bond motifs is 2. The average molecular weight is 327 g/mol. The Morgan fingerprint density at radius 3 is 2.91 bits per heavy atom. The van der Waals surface area contributed by atoms with Crippen molar-refractivity contribution in [3.05, 3.63) is 47.0 Å². The van der Waals surface area contributed by atoms with Crippen molar-refractivity contribution in [2.45, 2.75) is 13.1 Å². The molecule has 0 radical (unpaired) electrons. The molecular weight excluding hydrogens is 314 g/mol. The van der Waals surface area contributed by atoms with Gasteiger partial charge in [0.2, 0.25) is 0 Å². The summed E-state index contributed by atoms with van der Waals surface area (Å²) >= 11 is 1.51. The number of amides is 2. The van der Waals surface area contributed by atoms with Crippen LogP contribution >= 0.6 is 11.3 Å². The second-order valence-corrected chi connectivity index (χ2v) is 6.22. The molecule has 116 valence electrons. The van der Waals surface area contributed by atoms with Gasteiger partial charge in [0.1, 0.15) is 11.5 Å². The summed E-state index contributed by atoms with van der Waals surface area (Å²) in [5, 5.41) is 0. The van der Waals surface area contributed by atoms with Crippen LogP contribution in [0.5, 0.6) is 0 Å². The Morgan fingerprint density at radius 1 is 1.22 bits per heavy atom. The number of nitrogens with zero attached hydrogens (tertiary/aromatic N) is 4. The molecule has 0 bridgehead atoms. The Morgan fingerprint density at radius 2 is 2.09 bits per heavy atom. The maximum Gasteiger partial charge on any atom is 0.266 e. The lowest BCUT2D eigenvalue weighted by molar-refractivity contribution is 0.0706. The molecule has 1 aliphatic heterocycles. The van der Waals surface area contributed by atoms with Crippen LogP contribution in [0.1, 0.15) is 26.7 Å². The van der Waals surface area contributed by atoms with E-state index in [1.54, 1.807) is 21.0 Å². The first-order chi connectivity index (χ1) is 11.1. The molecule has 1 aliphatic rings. The van der Waals surface area contributed by atoms with E-state index in [4.69, 9.17) is 5.73 Å². The molecule has 0 spiro atoms. The van der Waals surface area contributed by atoms with Crippen molar-refractivity contribution in [3.8, 4) is 0 Å². The Balaban J connectivity index is 1.61. The van der Waals surface area contributed by atoms with Crippen molar-refractivity contribution in [2.24, 2.45) is 5.73 Å². The van der Waals surface area contributed by atoms with Gasteiger partial charge in [-0.1, -0.05) is 0 Å². The van der Waals surface area contributed by atoms with Gasteiger partial charge in [-0.15, -0.1) is 11.3 Å². The third-order valence-corrected chi connectivity index (χ3v) is 4.77. The number of carbonyl (C=O) groups excluding carboxylic acids is 2. The molecule has 0 atom stereocenters. The van der Waals surface area contributed by atoms with Crippen LogP contribution in [-0.4, -0.2) is 37.8 Å². The first-order valence-corrected chi connectivity index (χ1v) is 7.98. The number of thiazole rings is 1. The highest BCUT2D eigenvalue weighted by Gasteiger charge is 2.25. The van der Waals surface area contributed by atoms with Gasteiger partial charge >= 0.3 is 0 Å². The smallest absolute Gasteiger partial charge is 0.266 e. The molecule has 0 unspecified atom stereocenters. The molecular formula is C15H13N5O2S. The lowest BCUT2D eigenvalue weighted by Gasteiger charge is -2.28. The van der Waals surface area contributed by atoms with E-state index < -0.39 is 5.91 Å². The quantitative estimate of drug-likeness (QED) is 0.766. The summed E-state index contributed by atoms with van der Waals surface area (Å²) in [7, 11) is 0. The second kappa shape index (κ2) is 5.17. The summed E-state index contributed by atoms with van der Waals surface area (Å²) in [5.74, 6) is 0.131. The first kappa shape index (κ1) is 13.9. The molecule has 2 aromatic heterocycles. The minimum absolute atomic E-state index is 0.0461. The van der Waals surface area contributed by atoms with Crippen LogP contribution in [-0.2, 0) is 13.1 Å². The van der Waals surface area contributed by atoms with E-state index >= 15 is 0 Å². The van der Waals surface area contributed by atoms with Gasteiger partial charge in [-0.25, -0.2) is 9.97 Å². The van der Waals surface area contributed by atoms with Gasteiger partial charge in [-0.2, -0.15) is 0 Å². The average Bonchev–Trinajstić information content (AvgIpc) is 3.19. The summed E-state index contributed by atoms with van der Waals surface area (Å²) in [6, 6.07) is 5.51. The van der Waals surface area contributed by atoms with Crippen molar-refractivity contribution in [2.75, 3.05) is 6.54 Å². The fraction of sp³-hybridized carbons (Fsp3) is 0.200. The van der Waals surface area contributed by atoms with Crippen LogP contribution in [0.4, 0.5) is 0 Å². The highest BCUT2D eigenvalue weighted by Crippen LogP contribution is 2.22. The molecule has 4 rings (SSSR count). The number of carbonyl (C=O) groups is 2.